The van der Waals surface area contributed by atoms with Gasteiger partial charge >= 0.3 is 0 Å². The number of aliphatic hydroxyl groups excluding tert-OH is 1. The topological polar surface area (TPSA) is 49.3 Å². The van der Waals surface area contributed by atoms with Gasteiger partial charge in [0.1, 0.15) is 0 Å². The van der Waals surface area contributed by atoms with Gasteiger partial charge in [0.2, 0.25) is 5.91 Å². The van der Waals surface area contributed by atoms with Crippen molar-refractivity contribution in [2.45, 2.75) is 26.2 Å². The number of benzene rings is 1. The van der Waals surface area contributed by atoms with E-state index in [0.29, 0.717) is 12.1 Å². The Morgan fingerprint density at radius 3 is 2.74 bits per heavy atom. The largest absolute Gasteiger partial charge is 0.396 e. The highest BCUT2D eigenvalue weighted by Crippen LogP contribution is 2.09. The van der Waals surface area contributed by atoms with E-state index in [-0.39, 0.29) is 24.9 Å². The number of carbonyl (C=O) groups is 1. The van der Waals surface area contributed by atoms with Gasteiger partial charge in [-0.1, -0.05) is 13.0 Å². The molecule has 0 spiro atoms. The van der Waals surface area contributed by atoms with Gasteiger partial charge in [0.05, 0.1) is 6.42 Å². The molecule has 1 aromatic rings. The summed E-state index contributed by atoms with van der Waals surface area (Å²) in [6.45, 7) is 2.60. The van der Waals surface area contributed by atoms with Crippen LogP contribution in [0.3, 0.4) is 0 Å². The molecular weight excluding hydrogens is 252 g/mol. The highest BCUT2D eigenvalue weighted by Gasteiger charge is 2.07. The van der Waals surface area contributed by atoms with Gasteiger partial charge in [0, 0.05) is 13.2 Å². The molecule has 0 saturated heterocycles. The third kappa shape index (κ3) is 5.79. The van der Waals surface area contributed by atoms with Gasteiger partial charge in [0.25, 0.3) is 0 Å². The fourth-order valence-electron chi connectivity index (χ4n) is 1.67. The second kappa shape index (κ2) is 7.84. The lowest BCUT2D eigenvalue weighted by atomic mass is 10.1. The van der Waals surface area contributed by atoms with Crippen molar-refractivity contribution in [3.05, 3.63) is 35.4 Å². The summed E-state index contributed by atoms with van der Waals surface area (Å²) >= 11 is 0. The first-order valence-corrected chi connectivity index (χ1v) is 6.34. The summed E-state index contributed by atoms with van der Waals surface area (Å²) in [7, 11) is 0. The fourth-order valence-corrected chi connectivity index (χ4v) is 1.67. The van der Waals surface area contributed by atoms with E-state index >= 15 is 0 Å². The quantitative estimate of drug-likeness (QED) is 0.746. The van der Waals surface area contributed by atoms with Gasteiger partial charge in [-0.15, -0.1) is 0 Å². The summed E-state index contributed by atoms with van der Waals surface area (Å²) in [6, 6.07) is 3.44. The van der Waals surface area contributed by atoms with E-state index in [1.54, 1.807) is 0 Å². The van der Waals surface area contributed by atoms with Crippen LogP contribution in [0.4, 0.5) is 8.78 Å². The molecule has 0 heterocycles. The molecule has 1 atom stereocenters. The van der Waals surface area contributed by atoms with Crippen molar-refractivity contribution >= 4 is 5.91 Å². The molecule has 0 fully saturated rings. The molecular formula is C14H19F2NO2. The summed E-state index contributed by atoms with van der Waals surface area (Å²) in [5, 5.41) is 11.5. The Morgan fingerprint density at radius 2 is 2.11 bits per heavy atom. The van der Waals surface area contributed by atoms with Crippen molar-refractivity contribution in [2.24, 2.45) is 5.92 Å². The van der Waals surface area contributed by atoms with Crippen molar-refractivity contribution in [1.29, 1.82) is 0 Å². The predicted octanol–water partition coefficient (Wildman–Crippen LogP) is 2.03. The maximum atomic E-state index is 12.9. The van der Waals surface area contributed by atoms with Crippen LogP contribution in [-0.4, -0.2) is 24.2 Å². The predicted molar refractivity (Wildman–Crippen MR) is 68.6 cm³/mol. The number of carbonyl (C=O) groups excluding carboxylic acids is 1. The number of halogens is 2. The Hall–Kier alpha value is -1.49. The summed E-state index contributed by atoms with van der Waals surface area (Å²) < 4.78 is 25.6. The third-order valence-electron chi connectivity index (χ3n) is 2.86. The monoisotopic (exact) mass is 271 g/mol. The van der Waals surface area contributed by atoms with Gasteiger partial charge in [-0.2, -0.15) is 0 Å². The minimum absolute atomic E-state index is 0.0345. The second-order valence-electron chi connectivity index (χ2n) is 4.71. The first-order valence-electron chi connectivity index (χ1n) is 6.34. The summed E-state index contributed by atoms with van der Waals surface area (Å²) in [6.07, 6.45) is 1.65. The van der Waals surface area contributed by atoms with Crippen LogP contribution in [0.15, 0.2) is 18.2 Å². The molecule has 0 aromatic heterocycles. The van der Waals surface area contributed by atoms with Crippen LogP contribution in [0.1, 0.15) is 25.3 Å². The number of amides is 1. The molecule has 1 amide bonds. The van der Waals surface area contributed by atoms with E-state index in [2.05, 4.69) is 5.32 Å². The van der Waals surface area contributed by atoms with Crippen LogP contribution >= 0.6 is 0 Å². The van der Waals surface area contributed by atoms with Gasteiger partial charge in [-0.05, 0) is 36.5 Å². The lowest BCUT2D eigenvalue weighted by Gasteiger charge is -2.08. The smallest absolute Gasteiger partial charge is 0.224 e. The Labute approximate surface area is 111 Å². The van der Waals surface area contributed by atoms with E-state index in [9.17, 15) is 13.6 Å². The molecule has 1 aromatic carbocycles. The van der Waals surface area contributed by atoms with Crippen molar-refractivity contribution in [3.8, 4) is 0 Å². The first kappa shape index (κ1) is 15.6. The van der Waals surface area contributed by atoms with Gasteiger partial charge in [-0.3, -0.25) is 4.79 Å². The van der Waals surface area contributed by atoms with Crippen molar-refractivity contribution in [3.63, 3.8) is 0 Å². The lowest BCUT2D eigenvalue weighted by molar-refractivity contribution is -0.120. The highest BCUT2D eigenvalue weighted by molar-refractivity contribution is 5.78. The molecule has 0 aliphatic rings. The van der Waals surface area contributed by atoms with E-state index in [0.717, 1.165) is 25.0 Å². The van der Waals surface area contributed by atoms with Crippen molar-refractivity contribution < 1.29 is 18.7 Å². The third-order valence-corrected chi connectivity index (χ3v) is 2.86. The molecule has 0 radical (unpaired) electrons. The average molecular weight is 271 g/mol. The minimum atomic E-state index is -0.943. The molecule has 19 heavy (non-hydrogen) atoms. The minimum Gasteiger partial charge on any atom is -0.396 e. The van der Waals surface area contributed by atoms with Crippen LogP contribution in [-0.2, 0) is 11.2 Å². The molecule has 0 bridgehead atoms. The normalized spacial score (nSPS) is 12.2. The Kier molecular flexibility index (Phi) is 6.42. The average Bonchev–Trinajstić information content (AvgIpc) is 2.38. The molecule has 0 aliphatic heterocycles. The molecule has 0 aliphatic carbocycles. The molecule has 5 heteroatoms. The number of nitrogens with one attached hydrogen (secondary N) is 1. The zero-order valence-corrected chi connectivity index (χ0v) is 11.0. The SMILES string of the molecule is CC(CO)CCCNC(=O)Cc1ccc(F)c(F)c1. The van der Waals surface area contributed by atoms with Crippen molar-refractivity contribution in [2.75, 3.05) is 13.2 Å². The summed E-state index contributed by atoms with van der Waals surface area (Å²) in [5.41, 5.74) is 0.445. The zero-order chi connectivity index (χ0) is 14.3. The molecule has 0 saturated carbocycles. The fraction of sp³-hybridized carbons (Fsp3) is 0.500. The van der Waals surface area contributed by atoms with Crippen molar-refractivity contribution in [1.82, 2.24) is 5.32 Å². The Bertz CT molecular complexity index is 424. The molecule has 2 N–H and O–H groups in total. The van der Waals surface area contributed by atoms with E-state index in [1.165, 1.54) is 6.07 Å². The van der Waals surface area contributed by atoms with Crippen LogP contribution in [0.5, 0.6) is 0 Å². The first-order chi connectivity index (χ1) is 9.02. The Balaban J connectivity index is 2.29. The highest BCUT2D eigenvalue weighted by atomic mass is 19.2. The van der Waals surface area contributed by atoms with Gasteiger partial charge in [-0.25, -0.2) is 8.78 Å². The number of rotatable bonds is 7. The lowest BCUT2D eigenvalue weighted by Crippen LogP contribution is -2.26. The molecule has 3 nitrogen and oxygen atoms in total. The van der Waals surface area contributed by atoms with Crippen LogP contribution in [0.2, 0.25) is 0 Å². The second-order valence-corrected chi connectivity index (χ2v) is 4.71. The van der Waals surface area contributed by atoms with Gasteiger partial charge in [0.15, 0.2) is 11.6 Å². The molecule has 106 valence electrons. The zero-order valence-electron chi connectivity index (χ0n) is 11.0. The van der Waals surface area contributed by atoms with Crippen LogP contribution < -0.4 is 5.32 Å². The number of hydrogen-bond acceptors (Lipinski definition) is 2. The number of hydrogen-bond donors (Lipinski definition) is 2. The van der Waals surface area contributed by atoms with Gasteiger partial charge < -0.3 is 10.4 Å². The molecule has 1 unspecified atom stereocenters. The maximum Gasteiger partial charge on any atom is 0.224 e. The van der Waals surface area contributed by atoms with Crippen LogP contribution in [0.25, 0.3) is 0 Å². The van der Waals surface area contributed by atoms with E-state index in [4.69, 9.17) is 5.11 Å². The number of aliphatic hydroxyl groups is 1. The van der Waals surface area contributed by atoms with E-state index in [1.807, 2.05) is 6.92 Å². The maximum absolute atomic E-state index is 12.9. The molecule has 1 rings (SSSR count). The standard InChI is InChI=1S/C14H19F2NO2/c1-10(9-18)3-2-6-17-14(19)8-11-4-5-12(15)13(16)7-11/h4-5,7,10,18H,2-3,6,8-9H2,1H3,(H,17,19). The van der Waals surface area contributed by atoms with Crippen LogP contribution in [0, 0.1) is 17.6 Å². The Morgan fingerprint density at radius 1 is 1.37 bits per heavy atom. The van der Waals surface area contributed by atoms with E-state index < -0.39 is 11.6 Å². The summed E-state index contributed by atoms with van der Waals surface area (Å²) in [5.74, 6) is -1.85. The summed E-state index contributed by atoms with van der Waals surface area (Å²) in [4.78, 5) is 11.5.